The summed E-state index contributed by atoms with van der Waals surface area (Å²) < 4.78 is 5.61. The van der Waals surface area contributed by atoms with E-state index in [1.807, 2.05) is 36.4 Å². The number of nitrogens with zero attached hydrogens (tertiary/aromatic N) is 1. The lowest BCUT2D eigenvalue weighted by molar-refractivity contribution is -0.144. The summed E-state index contributed by atoms with van der Waals surface area (Å²) in [6.45, 7) is 3.21. The number of carbonyl (C=O) groups is 3. The molecule has 178 valence electrons. The second kappa shape index (κ2) is 10.7. The number of nitrogens with one attached hydrogen (secondary N) is 1. The van der Waals surface area contributed by atoms with E-state index in [1.165, 1.54) is 6.08 Å². The summed E-state index contributed by atoms with van der Waals surface area (Å²) in [6, 6.07) is 23.6. The maximum absolute atomic E-state index is 13.2. The minimum Gasteiger partial charge on any atom is -0.480 e. The van der Waals surface area contributed by atoms with Crippen molar-refractivity contribution in [1.82, 2.24) is 10.2 Å². The lowest BCUT2D eigenvalue weighted by atomic mass is 9.98. The number of ether oxygens (including phenoxy) is 1. The first kappa shape index (κ1) is 23.8. The van der Waals surface area contributed by atoms with Gasteiger partial charge in [0.2, 0.25) is 0 Å². The molecule has 7 nitrogen and oxygen atoms in total. The Kier molecular flexibility index (Phi) is 7.26. The van der Waals surface area contributed by atoms with Gasteiger partial charge in [-0.15, -0.1) is 6.58 Å². The zero-order valence-electron chi connectivity index (χ0n) is 19.1. The first-order valence-corrected chi connectivity index (χ1v) is 11.3. The highest BCUT2D eigenvalue weighted by molar-refractivity contribution is 5.89. The first-order valence-electron chi connectivity index (χ1n) is 11.3. The van der Waals surface area contributed by atoms with E-state index in [9.17, 15) is 19.5 Å². The summed E-state index contributed by atoms with van der Waals surface area (Å²) in [4.78, 5) is 38.5. The largest absolute Gasteiger partial charge is 0.480 e. The molecule has 1 atom stereocenters. The van der Waals surface area contributed by atoms with Gasteiger partial charge >= 0.3 is 12.1 Å². The molecular weight excluding hydrogens is 444 g/mol. The average Bonchev–Trinajstić information content (AvgIpc) is 3.19. The number of carboxylic acids is 1. The summed E-state index contributed by atoms with van der Waals surface area (Å²) in [7, 11) is 0. The van der Waals surface area contributed by atoms with Crippen LogP contribution in [0.25, 0.3) is 11.1 Å². The minimum atomic E-state index is -1.16. The van der Waals surface area contributed by atoms with Crippen molar-refractivity contribution in [2.45, 2.75) is 12.0 Å². The van der Waals surface area contributed by atoms with Crippen LogP contribution in [0, 0.1) is 0 Å². The lowest BCUT2D eigenvalue weighted by Crippen LogP contribution is -2.45. The maximum Gasteiger partial charge on any atom is 0.408 e. The van der Waals surface area contributed by atoms with E-state index in [0.29, 0.717) is 5.56 Å². The van der Waals surface area contributed by atoms with Gasteiger partial charge < -0.3 is 20.1 Å². The molecule has 3 aromatic rings. The second-order valence-electron chi connectivity index (χ2n) is 8.21. The number of rotatable bonds is 9. The number of alkyl carbamates (subject to hydrolysis) is 1. The normalized spacial score (nSPS) is 12.7. The van der Waals surface area contributed by atoms with Crippen molar-refractivity contribution in [2.75, 3.05) is 19.7 Å². The first-order chi connectivity index (χ1) is 17.0. The third-order valence-corrected chi connectivity index (χ3v) is 5.97. The molecule has 0 unspecified atom stereocenters. The SMILES string of the molecule is C=CCN(CC(=O)O)C(=O)[C@H](NC(=O)OCC1c2ccccc2-c2ccccc21)c1ccccc1. The van der Waals surface area contributed by atoms with Crippen LogP contribution in [0.1, 0.15) is 28.7 Å². The van der Waals surface area contributed by atoms with Gasteiger partial charge in [0.05, 0.1) is 0 Å². The molecule has 7 heteroatoms. The van der Waals surface area contributed by atoms with Gasteiger partial charge in [0.1, 0.15) is 19.2 Å². The summed E-state index contributed by atoms with van der Waals surface area (Å²) in [5, 5.41) is 11.9. The number of carboxylic acid groups (broad SMARTS) is 1. The predicted molar refractivity (Wildman–Crippen MR) is 132 cm³/mol. The molecule has 0 saturated heterocycles. The van der Waals surface area contributed by atoms with E-state index < -0.39 is 30.6 Å². The number of amides is 2. The van der Waals surface area contributed by atoms with Gasteiger partial charge in [0, 0.05) is 12.5 Å². The molecule has 3 aromatic carbocycles. The lowest BCUT2D eigenvalue weighted by Gasteiger charge is -2.26. The second-order valence-corrected chi connectivity index (χ2v) is 8.21. The Hall–Kier alpha value is -4.39. The molecular formula is C28H26N2O5. The van der Waals surface area contributed by atoms with Crippen molar-refractivity contribution in [3.05, 3.63) is 108 Å². The van der Waals surface area contributed by atoms with E-state index in [1.54, 1.807) is 30.3 Å². The van der Waals surface area contributed by atoms with Crippen LogP contribution in [0.15, 0.2) is 91.5 Å². The van der Waals surface area contributed by atoms with Crippen LogP contribution >= 0.6 is 0 Å². The zero-order chi connectivity index (χ0) is 24.8. The monoisotopic (exact) mass is 470 g/mol. The van der Waals surface area contributed by atoms with Crippen LogP contribution in [-0.2, 0) is 14.3 Å². The summed E-state index contributed by atoms with van der Waals surface area (Å²) in [5.41, 5.74) is 4.91. The number of hydrogen-bond acceptors (Lipinski definition) is 4. The summed E-state index contributed by atoms with van der Waals surface area (Å²) in [5.74, 6) is -1.84. The molecule has 35 heavy (non-hydrogen) atoms. The molecule has 0 spiro atoms. The molecule has 0 aromatic heterocycles. The molecule has 0 bridgehead atoms. The maximum atomic E-state index is 13.2. The van der Waals surface area contributed by atoms with Crippen molar-refractivity contribution in [1.29, 1.82) is 0 Å². The number of hydrogen-bond donors (Lipinski definition) is 2. The Morgan fingerprint density at radius 3 is 2.09 bits per heavy atom. The van der Waals surface area contributed by atoms with Crippen LogP contribution in [0.4, 0.5) is 4.79 Å². The number of aliphatic carboxylic acids is 1. The molecule has 1 aliphatic carbocycles. The fraction of sp³-hybridized carbons (Fsp3) is 0.179. The Labute approximate surface area is 203 Å². The van der Waals surface area contributed by atoms with Gasteiger partial charge in [0.15, 0.2) is 0 Å². The van der Waals surface area contributed by atoms with Crippen LogP contribution < -0.4 is 5.32 Å². The van der Waals surface area contributed by atoms with Crippen molar-refractivity contribution < 1.29 is 24.2 Å². The summed E-state index contributed by atoms with van der Waals surface area (Å²) >= 11 is 0. The minimum absolute atomic E-state index is 0.0286. The highest BCUT2D eigenvalue weighted by atomic mass is 16.5. The molecule has 0 heterocycles. The van der Waals surface area contributed by atoms with Crippen molar-refractivity contribution in [2.24, 2.45) is 0 Å². The van der Waals surface area contributed by atoms with Crippen LogP contribution in [0.2, 0.25) is 0 Å². The van der Waals surface area contributed by atoms with Crippen LogP contribution in [0.5, 0.6) is 0 Å². The molecule has 0 fully saturated rings. The number of carbonyl (C=O) groups excluding carboxylic acids is 2. The van der Waals surface area contributed by atoms with Crippen LogP contribution in [0.3, 0.4) is 0 Å². The average molecular weight is 471 g/mol. The molecule has 1 aliphatic rings. The van der Waals surface area contributed by atoms with E-state index in [2.05, 4.69) is 24.0 Å². The van der Waals surface area contributed by atoms with Crippen LogP contribution in [-0.4, -0.2) is 47.7 Å². The Morgan fingerprint density at radius 2 is 1.51 bits per heavy atom. The van der Waals surface area contributed by atoms with E-state index in [-0.39, 0.29) is 19.1 Å². The van der Waals surface area contributed by atoms with Gasteiger partial charge in [-0.05, 0) is 27.8 Å². The Bertz CT molecular complexity index is 1200. The van der Waals surface area contributed by atoms with E-state index in [4.69, 9.17) is 4.74 Å². The predicted octanol–water partition coefficient (Wildman–Crippen LogP) is 4.37. The molecule has 0 aliphatic heterocycles. The quantitative estimate of drug-likeness (QED) is 0.453. The smallest absolute Gasteiger partial charge is 0.408 e. The van der Waals surface area contributed by atoms with Gasteiger partial charge in [-0.25, -0.2) is 4.79 Å². The van der Waals surface area contributed by atoms with Gasteiger partial charge in [-0.1, -0.05) is 84.9 Å². The fourth-order valence-corrected chi connectivity index (χ4v) is 4.43. The van der Waals surface area contributed by atoms with Gasteiger partial charge in [-0.3, -0.25) is 9.59 Å². The molecule has 2 amide bonds. The fourth-order valence-electron chi connectivity index (χ4n) is 4.43. The highest BCUT2D eigenvalue weighted by Gasteiger charge is 2.31. The third-order valence-electron chi connectivity index (χ3n) is 5.97. The molecule has 4 rings (SSSR count). The third kappa shape index (κ3) is 5.24. The Balaban J connectivity index is 1.52. The number of fused-ring (bicyclic) bond motifs is 3. The molecule has 0 radical (unpaired) electrons. The van der Waals surface area contributed by atoms with Gasteiger partial charge in [0.25, 0.3) is 5.91 Å². The van der Waals surface area contributed by atoms with Crippen molar-refractivity contribution in [3.63, 3.8) is 0 Å². The molecule has 0 saturated carbocycles. The van der Waals surface area contributed by atoms with E-state index in [0.717, 1.165) is 27.2 Å². The molecule has 2 N–H and O–H groups in total. The van der Waals surface area contributed by atoms with E-state index >= 15 is 0 Å². The topological polar surface area (TPSA) is 95.9 Å². The Morgan fingerprint density at radius 1 is 0.943 bits per heavy atom. The van der Waals surface area contributed by atoms with Crippen molar-refractivity contribution >= 4 is 18.0 Å². The van der Waals surface area contributed by atoms with Gasteiger partial charge in [-0.2, -0.15) is 0 Å². The standard InChI is InChI=1S/C28H26N2O5/c1-2-16-30(17-25(31)32)27(33)26(19-10-4-3-5-11-19)29-28(34)35-18-24-22-14-8-6-12-20(22)21-13-7-9-15-23(21)24/h2-15,24,26H,1,16-18H2,(H,29,34)(H,31,32)/t26-/m1/s1. The highest BCUT2D eigenvalue weighted by Crippen LogP contribution is 2.44. The van der Waals surface area contributed by atoms with Crippen molar-refractivity contribution in [3.8, 4) is 11.1 Å². The zero-order valence-corrected chi connectivity index (χ0v) is 19.1. The summed E-state index contributed by atoms with van der Waals surface area (Å²) in [6.07, 6.45) is 0.680. The number of benzene rings is 3.